The number of ether oxygens (including phenoxy) is 2. The van der Waals surface area contributed by atoms with Crippen LogP contribution in [0.2, 0.25) is 0 Å². The van der Waals surface area contributed by atoms with Crippen molar-refractivity contribution in [3.8, 4) is 11.5 Å². The molecule has 0 aromatic heterocycles. The summed E-state index contributed by atoms with van der Waals surface area (Å²) in [6.45, 7) is 0. The van der Waals surface area contributed by atoms with Crippen molar-refractivity contribution >= 4 is 11.9 Å². The zero-order chi connectivity index (χ0) is 15.2. The standard InChI is InChI=1S/C15H10F2O4/c16-10-1-5-12(6-2-10)20-14(18)9-15(19)21-13-7-3-11(17)4-8-13/h1-8H,9H2. The highest BCUT2D eigenvalue weighted by Crippen LogP contribution is 2.14. The maximum atomic E-state index is 12.7. The van der Waals surface area contributed by atoms with Crippen molar-refractivity contribution < 1.29 is 27.8 Å². The van der Waals surface area contributed by atoms with E-state index in [0.717, 1.165) is 24.3 Å². The van der Waals surface area contributed by atoms with Crippen LogP contribution in [-0.4, -0.2) is 11.9 Å². The minimum absolute atomic E-state index is 0.121. The summed E-state index contributed by atoms with van der Waals surface area (Å²) in [6.07, 6.45) is -0.616. The summed E-state index contributed by atoms with van der Waals surface area (Å²) < 4.78 is 35.0. The van der Waals surface area contributed by atoms with Crippen LogP contribution >= 0.6 is 0 Å². The number of benzene rings is 2. The summed E-state index contributed by atoms with van der Waals surface area (Å²) >= 11 is 0. The Morgan fingerprint density at radius 2 is 1.05 bits per heavy atom. The fourth-order valence-electron chi connectivity index (χ4n) is 1.46. The molecule has 0 amide bonds. The van der Waals surface area contributed by atoms with E-state index in [0.29, 0.717) is 0 Å². The minimum atomic E-state index is -0.839. The molecule has 0 unspecified atom stereocenters. The van der Waals surface area contributed by atoms with Crippen molar-refractivity contribution in [2.45, 2.75) is 6.42 Å². The van der Waals surface area contributed by atoms with Crippen LogP contribution in [0.5, 0.6) is 11.5 Å². The maximum Gasteiger partial charge on any atom is 0.322 e. The molecule has 2 rings (SSSR count). The molecule has 0 aliphatic rings. The van der Waals surface area contributed by atoms with E-state index in [2.05, 4.69) is 0 Å². The van der Waals surface area contributed by atoms with Crippen molar-refractivity contribution in [2.24, 2.45) is 0 Å². The normalized spacial score (nSPS) is 10.0. The Hall–Kier alpha value is -2.76. The second-order valence-corrected chi connectivity index (χ2v) is 4.03. The lowest BCUT2D eigenvalue weighted by molar-refractivity contribution is -0.144. The number of carbonyl (C=O) groups is 2. The number of carbonyl (C=O) groups excluding carboxylic acids is 2. The van der Waals surface area contributed by atoms with Crippen LogP contribution in [0, 0.1) is 11.6 Å². The molecule has 108 valence electrons. The maximum absolute atomic E-state index is 12.7. The monoisotopic (exact) mass is 292 g/mol. The van der Waals surface area contributed by atoms with Gasteiger partial charge < -0.3 is 9.47 Å². The van der Waals surface area contributed by atoms with Crippen LogP contribution in [-0.2, 0) is 9.59 Å². The number of hydrogen-bond acceptors (Lipinski definition) is 4. The van der Waals surface area contributed by atoms with Gasteiger partial charge in [0, 0.05) is 0 Å². The average molecular weight is 292 g/mol. The molecular weight excluding hydrogens is 282 g/mol. The van der Waals surface area contributed by atoms with Gasteiger partial charge in [-0.1, -0.05) is 0 Å². The molecule has 0 heterocycles. The fourth-order valence-corrected chi connectivity index (χ4v) is 1.46. The minimum Gasteiger partial charge on any atom is -0.426 e. The first-order valence-electron chi connectivity index (χ1n) is 5.95. The second-order valence-electron chi connectivity index (χ2n) is 4.03. The smallest absolute Gasteiger partial charge is 0.322 e. The third-order valence-corrected chi connectivity index (χ3v) is 2.38. The number of rotatable bonds is 4. The van der Waals surface area contributed by atoms with E-state index in [1.165, 1.54) is 24.3 Å². The van der Waals surface area contributed by atoms with E-state index >= 15 is 0 Å². The molecule has 2 aromatic rings. The SMILES string of the molecule is O=C(CC(=O)Oc1ccc(F)cc1)Oc1ccc(F)cc1. The van der Waals surface area contributed by atoms with Gasteiger partial charge in [-0.15, -0.1) is 0 Å². The second kappa shape index (κ2) is 6.60. The van der Waals surface area contributed by atoms with E-state index in [4.69, 9.17) is 9.47 Å². The number of esters is 2. The average Bonchev–Trinajstić information content (AvgIpc) is 2.44. The predicted molar refractivity (Wildman–Crippen MR) is 68.7 cm³/mol. The van der Waals surface area contributed by atoms with Crippen LogP contribution in [0.15, 0.2) is 48.5 Å². The lowest BCUT2D eigenvalue weighted by atomic mass is 10.3. The fraction of sp³-hybridized carbons (Fsp3) is 0.0667. The Bertz CT molecular complexity index is 578. The Morgan fingerprint density at radius 1 is 0.714 bits per heavy atom. The van der Waals surface area contributed by atoms with Gasteiger partial charge in [0.2, 0.25) is 0 Å². The van der Waals surface area contributed by atoms with E-state index in [1.807, 2.05) is 0 Å². The Morgan fingerprint density at radius 3 is 1.38 bits per heavy atom. The van der Waals surface area contributed by atoms with Gasteiger partial charge in [-0.25, -0.2) is 8.78 Å². The van der Waals surface area contributed by atoms with Gasteiger partial charge in [0.05, 0.1) is 0 Å². The first-order valence-corrected chi connectivity index (χ1v) is 5.95. The molecule has 0 saturated carbocycles. The largest absolute Gasteiger partial charge is 0.426 e. The highest BCUT2D eigenvalue weighted by atomic mass is 19.1. The molecule has 0 saturated heterocycles. The van der Waals surface area contributed by atoms with Crippen molar-refractivity contribution in [1.82, 2.24) is 0 Å². The van der Waals surface area contributed by atoms with Crippen LogP contribution in [0.1, 0.15) is 6.42 Å². The molecular formula is C15H10F2O4. The Balaban J connectivity index is 1.85. The number of halogens is 2. The molecule has 21 heavy (non-hydrogen) atoms. The van der Waals surface area contributed by atoms with E-state index < -0.39 is 30.0 Å². The molecule has 6 heteroatoms. The van der Waals surface area contributed by atoms with Gasteiger partial charge in [0.1, 0.15) is 29.6 Å². The molecule has 0 fully saturated rings. The summed E-state index contributed by atoms with van der Waals surface area (Å²) in [6, 6.07) is 9.55. The first kappa shape index (κ1) is 14.6. The summed E-state index contributed by atoms with van der Waals surface area (Å²) in [7, 11) is 0. The van der Waals surface area contributed by atoms with Crippen LogP contribution in [0.25, 0.3) is 0 Å². The highest BCUT2D eigenvalue weighted by molar-refractivity contribution is 5.93. The molecule has 0 aliphatic carbocycles. The summed E-state index contributed by atoms with van der Waals surface area (Å²) in [5.41, 5.74) is 0. The zero-order valence-electron chi connectivity index (χ0n) is 10.7. The van der Waals surface area contributed by atoms with Crippen molar-refractivity contribution in [3.05, 3.63) is 60.2 Å². The molecule has 0 radical (unpaired) electrons. The molecule has 0 atom stereocenters. The molecule has 4 nitrogen and oxygen atoms in total. The zero-order valence-corrected chi connectivity index (χ0v) is 10.7. The van der Waals surface area contributed by atoms with Gasteiger partial charge in [-0.2, -0.15) is 0 Å². The summed E-state index contributed by atoms with van der Waals surface area (Å²) in [5.74, 6) is -2.37. The van der Waals surface area contributed by atoms with Crippen molar-refractivity contribution in [1.29, 1.82) is 0 Å². The summed E-state index contributed by atoms with van der Waals surface area (Å²) in [5, 5.41) is 0. The first-order chi connectivity index (χ1) is 10.0. The lowest BCUT2D eigenvalue weighted by Gasteiger charge is -2.05. The predicted octanol–water partition coefficient (Wildman–Crippen LogP) is 2.87. The van der Waals surface area contributed by atoms with Crippen LogP contribution in [0.3, 0.4) is 0 Å². The van der Waals surface area contributed by atoms with Crippen LogP contribution < -0.4 is 9.47 Å². The lowest BCUT2D eigenvalue weighted by Crippen LogP contribution is -2.18. The van der Waals surface area contributed by atoms with Crippen molar-refractivity contribution in [3.63, 3.8) is 0 Å². The molecule has 0 aliphatic heterocycles. The van der Waals surface area contributed by atoms with E-state index in [9.17, 15) is 18.4 Å². The Labute approximate surface area is 118 Å². The van der Waals surface area contributed by atoms with Gasteiger partial charge in [0.25, 0.3) is 0 Å². The number of hydrogen-bond donors (Lipinski definition) is 0. The third kappa shape index (κ3) is 4.68. The van der Waals surface area contributed by atoms with E-state index in [1.54, 1.807) is 0 Å². The van der Waals surface area contributed by atoms with Crippen molar-refractivity contribution in [2.75, 3.05) is 0 Å². The Kier molecular flexibility index (Phi) is 4.61. The molecule has 2 aromatic carbocycles. The van der Waals surface area contributed by atoms with Gasteiger partial charge in [-0.05, 0) is 48.5 Å². The molecule has 0 spiro atoms. The quantitative estimate of drug-likeness (QED) is 0.494. The van der Waals surface area contributed by atoms with Gasteiger partial charge in [0.15, 0.2) is 0 Å². The van der Waals surface area contributed by atoms with Gasteiger partial charge >= 0.3 is 11.9 Å². The molecule has 0 N–H and O–H groups in total. The van der Waals surface area contributed by atoms with E-state index in [-0.39, 0.29) is 11.5 Å². The van der Waals surface area contributed by atoms with Crippen LogP contribution in [0.4, 0.5) is 8.78 Å². The summed E-state index contributed by atoms with van der Waals surface area (Å²) in [4.78, 5) is 23.0. The highest BCUT2D eigenvalue weighted by Gasteiger charge is 2.14. The third-order valence-electron chi connectivity index (χ3n) is 2.38. The topological polar surface area (TPSA) is 52.6 Å². The van der Waals surface area contributed by atoms with Gasteiger partial charge in [-0.3, -0.25) is 9.59 Å². The molecule has 0 bridgehead atoms.